The van der Waals surface area contributed by atoms with Gasteiger partial charge in [0.25, 0.3) is 0 Å². The van der Waals surface area contributed by atoms with Crippen molar-refractivity contribution in [3.8, 4) is 0 Å². The van der Waals surface area contributed by atoms with Gasteiger partial charge in [0, 0.05) is 24.9 Å². The quantitative estimate of drug-likeness (QED) is 0.531. The summed E-state index contributed by atoms with van der Waals surface area (Å²) in [6.45, 7) is 9.09. The summed E-state index contributed by atoms with van der Waals surface area (Å²) in [4.78, 5) is 8.28. The second-order valence-electron chi connectivity index (χ2n) is 3.93. The van der Waals surface area contributed by atoms with Gasteiger partial charge in [0.2, 0.25) is 0 Å². The van der Waals surface area contributed by atoms with Gasteiger partial charge in [0.1, 0.15) is 0 Å². The van der Waals surface area contributed by atoms with E-state index in [1.165, 1.54) is 11.9 Å². The fourth-order valence-corrected chi connectivity index (χ4v) is 0.915. The molecule has 0 amide bonds. The van der Waals surface area contributed by atoms with Crippen molar-refractivity contribution >= 4 is 12.6 Å². The average Bonchev–Trinajstić information content (AvgIpc) is 2.09. The summed E-state index contributed by atoms with van der Waals surface area (Å²) in [5, 5.41) is 0. The zero-order valence-electron chi connectivity index (χ0n) is 9.57. The minimum absolute atomic E-state index is 0.366. The molecule has 0 aliphatic rings. The first-order chi connectivity index (χ1) is 6.57. The molecule has 0 aromatic rings. The van der Waals surface area contributed by atoms with E-state index in [1.807, 2.05) is 26.3 Å². The van der Waals surface area contributed by atoms with Gasteiger partial charge in [-0.3, -0.25) is 9.98 Å². The standard InChI is InChI=1S/C11H21N3/c1-9(2)5-13-6-11(10(3)4)7-14-8-12/h5-6,8,10-11H,7H2,1-4H3,(H2,12,14)/b13-6+. The van der Waals surface area contributed by atoms with Crippen LogP contribution in [0, 0.1) is 11.8 Å². The van der Waals surface area contributed by atoms with Crippen molar-refractivity contribution < 1.29 is 0 Å². The van der Waals surface area contributed by atoms with E-state index in [1.54, 1.807) is 0 Å². The van der Waals surface area contributed by atoms with Crippen LogP contribution in [0.3, 0.4) is 0 Å². The third-order valence-corrected chi connectivity index (χ3v) is 1.89. The minimum Gasteiger partial charge on any atom is -0.390 e. The lowest BCUT2D eigenvalue weighted by molar-refractivity contribution is 0.512. The number of nitrogens with two attached hydrogens (primary N) is 1. The summed E-state index contributed by atoms with van der Waals surface area (Å²) in [6.07, 6.45) is 5.16. The third-order valence-electron chi connectivity index (χ3n) is 1.89. The van der Waals surface area contributed by atoms with E-state index >= 15 is 0 Å². The van der Waals surface area contributed by atoms with Crippen LogP contribution >= 0.6 is 0 Å². The smallest absolute Gasteiger partial charge is 0.0797 e. The van der Waals surface area contributed by atoms with E-state index < -0.39 is 0 Å². The molecule has 0 spiro atoms. The molecule has 0 saturated carbocycles. The van der Waals surface area contributed by atoms with Gasteiger partial charge in [0.05, 0.1) is 6.34 Å². The van der Waals surface area contributed by atoms with Crippen molar-refractivity contribution in [1.82, 2.24) is 0 Å². The summed E-state index contributed by atoms with van der Waals surface area (Å²) in [5.41, 5.74) is 6.41. The van der Waals surface area contributed by atoms with Crippen LogP contribution in [0.2, 0.25) is 0 Å². The second kappa shape index (κ2) is 7.30. The van der Waals surface area contributed by atoms with Gasteiger partial charge >= 0.3 is 0 Å². The van der Waals surface area contributed by atoms with Crippen LogP contribution in [-0.4, -0.2) is 19.1 Å². The molecular formula is C11H21N3. The Kier molecular flexibility index (Phi) is 6.72. The molecule has 0 aromatic heterocycles. The van der Waals surface area contributed by atoms with E-state index in [4.69, 9.17) is 5.73 Å². The predicted octanol–water partition coefficient (Wildman–Crippen LogP) is 2.24. The van der Waals surface area contributed by atoms with E-state index in [0.29, 0.717) is 18.4 Å². The molecule has 80 valence electrons. The summed E-state index contributed by atoms with van der Waals surface area (Å²) >= 11 is 0. The first-order valence-electron chi connectivity index (χ1n) is 4.94. The van der Waals surface area contributed by atoms with Gasteiger partial charge in [-0.2, -0.15) is 0 Å². The van der Waals surface area contributed by atoms with Gasteiger partial charge in [0.15, 0.2) is 0 Å². The highest BCUT2D eigenvalue weighted by molar-refractivity contribution is 5.63. The summed E-state index contributed by atoms with van der Waals surface area (Å²) in [5.74, 6) is 0.901. The van der Waals surface area contributed by atoms with E-state index in [-0.39, 0.29) is 0 Å². The van der Waals surface area contributed by atoms with Gasteiger partial charge in [-0.1, -0.05) is 19.4 Å². The Morgan fingerprint density at radius 2 is 2.00 bits per heavy atom. The van der Waals surface area contributed by atoms with E-state index in [2.05, 4.69) is 23.8 Å². The molecule has 1 atom stereocenters. The molecule has 0 aliphatic carbocycles. The fraction of sp³-hybridized carbons (Fsp3) is 0.636. The molecule has 3 nitrogen and oxygen atoms in total. The van der Waals surface area contributed by atoms with E-state index in [0.717, 1.165) is 0 Å². The molecule has 0 fully saturated rings. The number of aliphatic imine (C=N–C) groups is 2. The Bertz CT molecular complexity index is 223. The third kappa shape index (κ3) is 6.40. The highest BCUT2D eigenvalue weighted by atomic mass is 14.8. The first kappa shape index (κ1) is 12.9. The Morgan fingerprint density at radius 3 is 2.43 bits per heavy atom. The Hall–Kier alpha value is -1.12. The highest BCUT2D eigenvalue weighted by Gasteiger charge is 2.08. The lowest BCUT2D eigenvalue weighted by Gasteiger charge is -2.12. The van der Waals surface area contributed by atoms with Crippen LogP contribution in [-0.2, 0) is 0 Å². The molecular weight excluding hydrogens is 174 g/mol. The fourth-order valence-electron chi connectivity index (χ4n) is 0.915. The van der Waals surface area contributed by atoms with Crippen molar-refractivity contribution in [2.45, 2.75) is 27.7 Å². The number of rotatable bonds is 5. The molecule has 2 N–H and O–H groups in total. The molecule has 14 heavy (non-hydrogen) atoms. The van der Waals surface area contributed by atoms with Gasteiger partial charge in [-0.15, -0.1) is 0 Å². The molecule has 3 heteroatoms. The molecule has 1 unspecified atom stereocenters. The van der Waals surface area contributed by atoms with Crippen molar-refractivity contribution in [2.75, 3.05) is 6.54 Å². The van der Waals surface area contributed by atoms with Crippen LogP contribution in [0.15, 0.2) is 21.8 Å². The van der Waals surface area contributed by atoms with E-state index in [9.17, 15) is 0 Å². The zero-order chi connectivity index (χ0) is 11.0. The van der Waals surface area contributed by atoms with Crippen LogP contribution in [0.25, 0.3) is 0 Å². The van der Waals surface area contributed by atoms with Crippen LogP contribution in [0.5, 0.6) is 0 Å². The Labute approximate surface area is 86.8 Å². The van der Waals surface area contributed by atoms with Crippen LogP contribution < -0.4 is 5.73 Å². The summed E-state index contributed by atoms with van der Waals surface area (Å²) in [7, 11) is 0. The lowest BCUT2D eigenvalue weighted by Crippen LogP contribution is -2.14. The van der Waals surface area contributed by atoms with Crippen LogP contribution in [0.1, 0.15) is 27.7 Å². The average molecular weight is 195 g/mol. The van der Waals surface area contributed by atoms with Gasteiger partial charge in [-0.25, -0.2) is 0 Å². The maximum atomic E-state index is 5.21. The molecule has 0 radical (unpaired) electrons. The normalized spacial score (nSPS) is 14.1. The largest absolute Gasteiger partial charge is 0.390 e. The highest BCUT2D eigenvalue weighted by Crippen LogP contribution is 2.08. The molecule has 0 aliphatic heterocycles. The monoisotopic (exact) mass is 195 g/mol. The zero-order valence-corrected chi connectivity index (χ0v) is 9.57. The lowest BCUT2D eigenvalue weighted by atomic mass is 9.97. The summed E-state index contributed by atoms with van der Waals surface area (Å²) < 4.78 is 0. The predicted molar refractivity (Wildman–Crippen MR) is 63.8 cm³/mol. The van der Waals surface area contributed by atoms with Crippen LogP contribution in [0.4, 0.5) is 0 Å². The Morgan fingerprint density at radius 1 is 1.36 bits per heavy atom. The van der Waals surface area contributed by atoms with Crippen molar-refractivity contribution in [2.24, 2.45) is 27.6 Å². The SMILES string of the molecule is CC(C)=C/N=C/C(C/N=C\N)C(C)C. The molecule has 0 rings (SSSR count). The molecule has 0 saturated heterocycles. The maximum absolute atomic E-state index is 5.21. The number of allylic oxidation sites excluding steroid dienone is 1. The Balaban J connectivity index is 4.22. The van der Waals surface area contributed by atoms with Crippen molar-refractivity contribution in [1.29, 1.82) is 0 Å². The number of hydrogen-bond donors (Lipinski definition) is 1. The van der Waals surface area contributed by atoms with Gasteiger partial charge in [-0.05, 0) is 19.8 Å². The summed E-state index contributed by atoms with van der Waals surface area (Å²) in [6, 6.07) is 0. The first-order valence-corrected chi connectivity index (χ1v) is 4.94. The second-order valence-corrected chi connectivity index (χ2v) is 3.93. The maximum Gasteiger partial charge on any atom is 0.0797 e. The van der Waals surface area contributed by atoms with Gasteiger partial charge < -0.3 is 5.73 Å². The molecule has 0 heterocycles. The topological polar surface area (TPSA) is 50.7 Å². The minimum atomic E-state index is 0.366. The number of nitrogens with zero attached hydrogens (tertiary/aromatic N) is 2. The number of hydrogen-bond acceptors (Lipinski definition) is 2. The van der Waals surface area contributed by atoms with Crippen molar-refractivity contribution in [3.63, 3.8) is 0 Å². The molecule has 0 aromatic carbocycles. The molecule has 0 bridgehead atoms. The van der Waals surface area contributed by atoms with Crippen molar-refractivity contribution in [3.05, 3.63) is 11.8 Å².